The van der Waals surface area contributed by atoms with Crippen LogP contribution in [-0.4, -0.2) is 17.5 Å². The van der Waals surface area contributed by atoms with Crippen molar-refractivity contribution in [2.24, 2.45) is 11.3 Å². The van der Waals surface area contributed by atoms with E-state index in [1.807, 2.05) is 0 Å². The first-order valence-corrected chi connectivity index (χ1v) is 5.44. The van der Waals surface area contributed by atoms with E-state index in [9.17, 15) is 0 Å². The highest BCUT2D eigenvalue weighted by Crippen LogP contribution is 2.46. The third-order valence-electron chi connectivity index (χ3n) is 3.74. The fourth-order valence-corrected chi connectivity index (χ4v) is 2.99. The Morgan fingerprint density at radius 1 is 1.38 bits per heavy atom. The van der Waals surface area contributed by atoms with Crippen molar-refractivity contribution in [1.82, 2.24) is 4.90 Å². The SMILES string of the molecule is C=C1CC(C(C)(C)C)C2CCCN12. The molecule has 1 heteroatoms. The molecule has 2 rings (SSSR count). The van der Waals surface area contributed by atoms with E-state index in [4.69, 9.17) is 0 Å². The van der Waals surface area contributed by atoms with Crippen LogP contribution < -0.4 is 0 Å². The van der Waals surface area contributed by atoms with Crippen molar-refractivity contribution in [2.75, 3.05) is 6.54 Å². The Bertz CT molecular complexity index is 224. The molecule has 2 aliphatic heterocycles. The normalized spacial score (nSPS) is 34.1. The molecule has 0 bridgehead atoms. The van der Waals surface area contributed by atoms with Crippen LogP contribution in [0.15, 0.2) is 12.3 Å². The fourth-order valence-electron chi connectivity index (χ4n) is 2.99. The van der Waals surface area contributed by atoms with Crippen LogP contribution >= 0.6 is 0 Å². The Kier molecular flexibility index (Phi) is 1.94. The average molecular weight is 179 g/mol. The quantitative estimate of drug-likeness (QED) is 0.552. The van der Waals surface area contributed by atoms with Gasteiger partial charge < -0.3 is 4.90 Å². The van der Waals surface area contributed by atoms with E-state index < -0.39 is 0 Å². The lowest BCUT2D eigenvalue weighted by Gasteiger charge is -2.31. The molecule has 0 N–H and O–H groups in total. The number of hydrogen-bond donors (Lipinski definition) is 0. The lowest BCUT2D eigenvalue weighted by Crippen LogP contribution is -2.32. The van der Waals surface area contributed by atoms with Gasteiger partial charge in [-0.25, -0.2) is 0 Å². The molecule has 2 aliphatic rings. The molecule has 0 aliphatic carbocycles. The summed E-state index contributed by atoms with van der Waals surface area (Å²) in [4.78, 5) is 2.55. The second kappa shape index (κ2) is 2.76. The molecular weight excluding hydrogens is 158 g/mol. The summed E-state index contributed by atoms with van der Waals surface area (Å²) < 4.78 is 0. The summed E-state index contributed by atoms with van der Waals surface area (Å²) in [5, 5.41) is 0. The molecule has 0 radical (unpaired) electrons. The molecule has 0 aromatic heterocycles. The molecule has 2 fully saturated rings. The summed E-state index contributed by atoms with van der Waals surface area (Å²) in [6.07, 6.45) is 3.99. The minimum Gasteiger partial charge on any atom is -0.372 e. The molecule has 0 aromatic rings. The number of rotatable bonds is 0. The van der Waals surface area contributed by atoms with E-state index in [0.29, 0.717) is 5.41 Å². The molecule has 2 atom stereocenters. The smallest absolute Gasteiger partial charge is 0.0324 e. The second-order valence-electron chi connectivity index (χ2n) is 5.65. The molecule has 0 saturated carbocycles. The number of allylic oxidation sites excluding steroid dienone is 1. The number of fused-ring (bicyclic) bond motifs is 1. The molecule has 74 valence electrons. The van der Waals surface area contributed by atoms with Gasteiger partial charge in [0.1, 0.15) is 0 Å². The topological polar surface area (TPSA) is 3.24 Å². The van der Waals surface area contributed by atoms with Crippen molar-refractivity contribution < 1.29 is 0 Å². The van der Waals surface area contributed by atoms with E-state index >= 15 is 0 Å². The maximum absolute atomic E-state index is 4.19. The van der Waals surface area contributed by atoms with Crippen molar-refractivity contribution >= 4 is 0 Å². The van der Waals surface area contributed by atoms with Gasteiger partial charge in [-0.1, -0.05) is 27.4 Å². The van der Waals surface area contributed by atoms with Gasteiger partial charge in [0.15, 0.2) is 0 Å². The van der Waals surface area contributed by atoms with E-state index in [0.717, 1.165) is 12.0 Å². The van der Waals surface area contributed by atoms with Gasteiger partial charge in [0.25, 0.3) is 0 Å². The van der Waals surface area contributed by atoms with E-state index in [2.05, 4.69) is 32.3 Å². The van der Waals surface area contributed by atoms with Crippen molar-refractivity contribution in [3.63, 3.8) is 0 Å². The Labute approximate surface area is 81.8 Å². The minimum atomic E-state index is 0.451. The Balaban J connectivity index is 2.20. The van der Waals surface area contributed by atoms with Gasteiger partial charge >= 0.3 is 0 Å². The third-order valence-corrected chi connectivity index (χ3v) is 3.74. The molecule has 0 amide bonds. The zero-order valence-electron chi connectivity index (χ0n) is 9.14. The number of hydrogen-bond acceptors (Lipinski definition) is 1. The van der Waals surface area contributed by atoms with Gasteiger partial charge in [-0.2, -0.15) is 0 Å². The van der Waals surface area contributed by atoms with Crippen LogP contribution in [0, 0.1) is 11.3 Å². The zero-order valence-corrected chi connectivity index (χ0v) is 9.14. The van der Waals surface area contributed by atoms with Crippen molar-refractivity contribution in [3.8, 4) is 0 Å². The Hall–Kier alpha value is -0.460. The highest BCUT2D eigenvalue weighted by Gasteiger charge is 2.44. The first-order valence-electron chi connectivity index (χ1n) is 5.44. The van der Waals surface area contributed by atoms with E-state index in [1.165, 1.54) is 31.5 Å². The van der Waals surface area contributed by atoms with Crippen LogP contribution in [0.5, 0.6) is 0 Å². The van der Waals surface area contributed by atoms with Gasteiger partial charge in [-0.15, -0.1) is 0 Å². The van der Waals surface area contributed by atoms with Crippen LogP contribution in [0.4, 0.5) is 0 Å². The maximum Gasteiger partial charge on any atom is 0.0324 e. The summed E-state index contributed by atoms with van der Waals surface area (Å²) in [6.45, 7) is 12.5. The summed E-state index contributed by atoms with van der Waals surface area (Å²) in [5.41, 5.74) is 1.84. The first kappa shape index (κ1) is 9.11. The standard InChI is InChI=1S/C12H21N/c1-9-8-10(12(2,3)4)11-6-5-7-13(9)11/h10-11H,1,5-8H2,2-4H3. The molecular formula is C12H21N. The van der Waals surface area contributed by atoms with Crippen LogP contribution in [0.3, 0.4) is 0 Å². The molecule has 2 saturated heterocycles. The van der Waals surface area contributed by atoms with Crippen molar-refractivity contribution in [3.05, 3.63) is 12.3 Å². The summed E-state index contributed by atoms with van der Waals surface area (Å²) >= 11 is 0. The van der Waals surface area contributed by atoms with Gasteiger partial charge in [0.05, 0.1) is 0 Å². The average Bonchev–Trinajstić information content (AvgIpc) is 2.51. The predicted octanol–water partition coefficient (Wildman–Crippen LogP) is 3.03. The van der Waals surface area contributed by atoms with Gasteiger partial charge in [0.2, 0.25) is 0 Å². The lowest BCUT2D eigenvalue weighted by molar-refractivity contribution is 0.184. The molecule has 13 heavy (non-hydrogen) atoms. The largest absolute Gasteiger partial charge is 0.372 e. The summed E-state index contributed by atoms with van der Waals surface area (Å²) in [5.74, 6) is 0.836. The van der Waals surface area contributed by atoms with Crippen LogP contribution in [-0.2, 0) is 0 Å². The van der Waals surface area contributed by atoms with Crippen LogP contribution in [0.2, 0.25) is 0 Å². The first-order chi connectivity index (χ1) is 6.00. The summed E-state index contributed by atoms with van der Waals surface area (Å²) in [7, 11) is 0. The van der Waals surface area contributed by atoms with Gasteiger partial charge in [-0.3, -0.25) is 0 Å². The van der Waals surface area contributed by atoms with Crippen molar-refractivity contribution in [2.45, 2.75) is 46.1 Å². The second-order valence-corrected chi connectivity index (χ2v) is 5.65. The monoisotopic (exact) mass is 179 g/mol. The molecule has 0 aromatic carbocycles. The molecule has 0 spiro atoms. The summed E-state index contributed by atoms with van der Waals surface area (Å²) in [6, 6.07) is 0.812. The van der Waals surface area contributed by atoms with E-state index in [1.54, 1.807) is 0 Å². The predicted molar refractivity (Wildman–Crippen MR) is 56.4 cm³/mol. The Morgan fingerprint density at radius 2 is 2.08 bits per heavy atom. The minimum absolute atomic E-state index is 0.451. The van der Waals surface area contributed by atoms with Gasteiger partial charge in [0, 0.05) is 18.3 Å². The van der Waals surface area contributed by atoms with Crippen LogP contribution in [0.25, 0.3) is 0 Å². The Morgan fingerprint density at radius 3 is 2.69 bits per heavy atom. The highest BCUT2D eigenvalue weighted by atomic mass is 15.2. The zero-order chi connectivity index (χ0) is 9.64. The van der Waals surface area contributed by atoms with Crippen LogP contribution in [0.1, 0.15) is 40.0 Å². The third kappa shape index (κ3) is 1.38. The highest BCUT2D eigenvalue weighted by molar-refractivity contribution is 5.12. The lowest BCUT2D eigenvalue weighted by atomic mass is 9.75. The maximum atomic E-state index is 4.19. The van der Waals surface area contributed by atoms with Crippen molar-refractivity contribution in [1.29, 1.82) is 0 Å². The van der Waals surface area contributed by atoms with E-state index in [-0.39, 0.29) is 0 Å². The fraction of sp³-hybridized carbons (Fsp3) is 0.833. The number of nitrogens with zero attached hydrogens (tertiary/aromatic N) is 1. The molecule has 1 nitrogen and oxygen atoms in total. The van der Waals surface area contributed by atoms with Gasteiger partial charge in [-0.05, 0) is 30.6 Å². The molecule has 2 unspecified atom stereocenters. The molecule has 2 heterocycles.